The average Bonchev–Trinajstić information content (AvgIpc) is 3.23. The Balaban J connectivity index is 0.000000302. The SMILES string of the molecule is COc1nc(/C=C/C(N)=NC2=NCCCC2)ccc1-n1cnc(C)c1.Fc1cc(F)cc(F)c1. The number of halogens is 3. The first-order chi connectivity index (χ1) is 16.3. The van der Waals surface area contributed by atoms with Gasteiger partial charge in [0, 0.05) is 37.4 Å². The maximum Gasteiger partial charge on any atom is 0.238 e. The molecule has 178 valence electrons. The van der Waals surface area contributed by atoms with Gasteiger partial charge in [0.2, 0.25) is 5.88 Å². The molecule has 2 N–H and O–H groups in total. The van der Waals surface area contributed by atoms with Crippen LogP contribution in [0.2, 0.25) is 0 Å². The Labute approximate surface area is 195 Å². The maximum atomic E-state index is 11.9. The highest BCUT2D eigenvalue weighted by molar-refractivity contribution is 6.03. The molecule has 1 aromatic carbocycles. The Hall–Kier alpha value is -3.95. The van der Waals surface area contributed by atoms with Crippen molar-refractivity contribution in [2.24, 2.45) is 15.7 Å². The van der Waals surface area contributed by atoms with Gasteiger partial charge in [-0.1, -0.05) is 0 Å². The summed E-state index contributed by atoms with van der Waals surface area (Å²) < 4.78 is 43.1. The fourth-order valence-corrected chi connectivity index (χ4v) is 3.09. The molecule has 0 radical (unpaired) electrons. The van der Waals surface area contributed by atoms with E-state index in [0.717, 1.165) is 48.7 Å². The Morgan fingerprint density at radius 3 is 2.38 bits per heavy atom. The molecular formula is C24H25F3N6O. The van der Waals surface area contributed by atoms with Gasteiger partial charge in [0.15, 0.2) is 0 Å². The third-order valence-electron chi connectivity index (χ3n) is 4.66. The summed E-state index contributed by atoms with van der Waals surface area (Å²) in [6.07, 6.45) is 10.3. The van der Waals surface area contributed by atoms with Gasteiger partial charge in [0.25, 0.3) is 0 Å². The third kappa shape index (κ3) is 7.29. The Kier molecular flexibility index (Phi) is 8.55. The second kappa shape index (κ2) is 11.8. The summed E-state index contributed by atoms with van der Waals surface area (Å²) in [5, 5.41) is 0. The number of imidazole rings is 1. The molecule has 0 fully saturated rings. The normalized spacial score (nSPS) is 13.9. The fraction of sp³-hybridized carbons (Fsp3) is 0.250. The van der Waals surface area contributed by atoms with Crippen LogP contribution in [0.1, 0.15) is 30.7 Å². The van der Waals surface area contributed by atoms with E-state index in [1.807, 2.05) is 35.9 Å². The zero-order chi connectivity index (χ0) is 24.5. The van der Waals surface area contributed by atoms with Crippen molar-refractivity contribution in [1.82, 2.24) is 14.5 Å². The van der Waals surface area contributed by atoms with Crippen molar-refractivity contribution in [3.63, 3.8) is 0 Å². The summed E-state index contributed by atoms with van der Waals surface area (Å²) in [4.78, 5) is 17.4. The smallest absolute Gasteiger partial charge is 0.238 e. The van der Waals surface area contributed by atoms with E-state index in [4.69, 9.17) is 10.5 Å². The molecule has 0 saturated heterocycles. The van der Waals surface area contributed by atoms with Crippen molar-refractivity contribution in [2.75, 3.05) is 13.7 Å². The van der Waals surface area contributed by atoms with Gasteiger partial charge < -0.3 is 15.0 Å². The van der Waals surface area contributed by atoms with Crippen LogP contribution in [0.15, 0.2) is 58.9 Å². The number of aliphatic imine (C=N–C) groups is 2. The van der Waals surface area contributed by atoms with E-state index in [0.29, 0.717) is 29.9 Å². The molecule has 34 heavy (non-hydrogen) atoms. The predicted octanol–water partition coefficient (Wildman–Crippen LogP) is 4.64. The van der Waals surface area contributed by atoms with E-state index in [2.05, 4.69) is 20.0 Å². The number of hydrogen-bond acceptors (Lipinski definition) is 5. The quantitative estimate of drug-likeness (QED) is 0.444. The maximum absolute atomic E-state index is 11.9. The largest absolute Gasteiger partial charge is 0.479 e. The molecule has 4 rings (SSSR count). The van der Waals surface area contributed by atoms with E-state index in [9.17, 15) is 13.2 Å². The molecule has 0 unspecified atom stereocenters. The summed E-state index contributed by atoms with van der Waals surface area (Å²) in [5.41, 5.74) is 8.46. The van der Waals surface area contributed by atoms with Crippen LogP contribution >= 0.6 is 0 Å². The van der Waals surface area contributed by atoms with Gasteiger partial charge in [-0.15, -0.1) is 0 Å². The van der Waals surface area contributed by atoms with Crippen molar-refractivity contribution in [3.05, 3.63) is 77.8 Å². The van der Waals surface area contributed by atoms with Crippen LogP contribution in [0.5, 0.6) is 5.88 Å². The van der Waals surface area contributed by atoms with Crippen LogP contribution in [0.3, 0.4) is 0 Å². The van der Waals surface area contributed by atoms with E-state index in [-0.39, 0.29) is 0 Å². The number of nitrogens with zero attached hydrogens (tertiary/aromatic N) is 5. The molecule has 0 spiro atoms. The molecular weight excluding hydrogens is 445 g/mol. The van der Waals surface area contributed by atoms with Gasteiger partial charge in [-0.05, 0) is 44.1 Å². The van der Waals surface area contributed by atoms with Crippen LogP contribution < -0.4 is 10.5 Å². The lowest BCUT2D eigenvalue weighted by molar-refractivity contribution is 0.395. The number of pyridine rings is 1. The summed E-state index contributed by atoms with van der Waals surface area (Å²) in [6, 6.07) is 5.68. The van der Waals surface area contributed by atoms with Gasteiger partial charge in [0.05, 0.1) is 24.8 Å². The number of benzene rings is 1. The Morgan fingerprint density at radius 2 is 1.82 bits per heavy atom. The van der Waals surface area contributed by atoms with Crippen molar-refractivity contribution in [3.8, 4) is 11.6 Å². The minimum absolute atomic E-state index is 0.427. The molecule has 0 amide bonds. The molecule has 0 saturated carbocycles. The minimum Gasteiger partial charge on any atom is -0.479 e. The predicted molar refractivity (Wildman–Crippen MR) is 126 cm³/mol. The number of rotatable bonds is 4. The van der Waals surface area contributed by atoms with Crippen molar-refractivity contribution < 1.29 is 17.9 Å². The first-order valence-electron chi connectivity index (χ1n) is 10.6. The zero-order valence-electron chi connectivity index (χ0n) is 18.9. The third-order valence-corrected chi connectivity index (χ3v) is 4.66. The first-order valence-corrected chi connectivity index (χ1v) is 10.6. The molecule has 10 heteroatoms. The summed E-state index contributed by atoms with van der Waals surface area (Å²) in [7, 11) is 1.60. The number of hydrogen-bond donors (Lipinski definition) is 1. The lowest BCUT2D eigenvalue weighted by atomic mass is 10.2. The van der Waals surface area contributed by atoms with Crippen molar-refractivity contribution in [2.45, 2.75) is 26.2 Å². The van der Waals surface area contributed by atoms with Crippen LogP contribution in [0.4, 0.5) is 13.2 Å². The van der Waals surface area contributed by atoms with E-state index in [1.54, 1.807) is 19.5 Å². The van der Waals surface area contributed by atoms with Gasteiger partial charge in [-0.2, -0.15) is 0 Å². The number of amidine groups is 2. The summed E-state index contributed by atoms with van der Waals surface area (Å²) >= 11 is 0. The average molecular weight is 470 g/mol. The van der Waals surface area contributed by atoms with Gasteiger partial charge in [0.1, 0.15) is 34.8 Å². The standard InChI is InChI=1S/C18H22N6O.C6H3F3/c1-13-11-24(12-21-13)15-8-6-14(22-18(15)25-2)7-9-16(19)23-17-5-3-4-10-20-17;7-4-1-5(8)3-6(9)2-4/h6-9,11-12H,3-5,10H2,1-2H3,(H2,19,20,23);1-3H/b9-7+;. The molecule has 3 aromatic rings. The van der Waals surface area contributed by atoms with Crippen LogP contribution in [-0.4, -0.2) is 39.9 Å². The van der Waals surface area contributed by atoms with E-state index < -0.39 is 17.5 Å². The second-order valence-electron chi connectivity index (χ2n) is 7.40. The molecule has 0 aliphatic carbocycles. The molecule has 1 aliphatic heterocycles. The highest BCUT2D eigenvalue weighted by Crippen LogP contribution is 2.21. The van der Waals surface area contributed by atoms with Crippen LogP contribution in [0.25, 0.3) is 11.8 Å². The van der Waals surface area contributed by atoms with Crippen molar-refractivity contribution >= 4 is 17.7 Å². The summed E-state index contributed by atoms with van der Waals surface area (Å²) in [6.45, 7) is 2.77. The van der Waals surface area contributed by atoms with Crippen LogP contribution in [-0.2, 0) is 0 Å². The number of ether oxygens (including phenoxy) is 1. The van der Waals surface area contributed by atoms with E-state index >= 15 is 0 Å². The monoisotopic (exact) mass is 470 g/mol. The lowest BCUT2D eigenvalue weighted by Gasteiger charge is -2.09. The second-order valence-corrected chi connectivity index (χ2v) is 7.40. The van der Waals surface area contributed by atoms with E-state index in [1.165, 1.54) is 0 Å². The molecule has 7 nitrogen and oxygen atoms in total. The molecule has 3 heterocycles. The Bertz CT molecular complexity index is 1170. The van der Waals surface area contributed by atoms with Crippen LogP contribution in [0, 0.1) is 24.4 Å². The topological polar surface area (TPSA) is 90.7 Å². The fourth-order valence-electron chi connectivity index (χ4n) is 3.09. The number of aryl methyl sites for hydroxylation is 1. The highest BCUT2D eigenvalue weighted by atomic mass is 19.1. The van der Waals surface area contributed by atoms with Crippen molar-refractivity contribution in [1.29, 1.82) is 0 Å². The van der Waals surface area contributed by atoms with Gasteiger partial charge >= 0.3 is 0 Å². The summed E-state index contributed by atoms with van der Waals surface area (Å²) in [5.74, 6) is -0.917. The molecule has 0 atom stereocenters. The highest BCUT2D eigenvalue weighted by Gasteiger charge is 2.08. The minimum atomic E-state index is -0.896. The lowest BCUT2D eigenvalue weighted by Crippen LogP contribution is -2.13. The van der Waals surface area contributed by atoms with Gasteiger partial charge in [-0.3, -0.25) is 4.99 Å². The Morgan fingerprint density at radius 1 is 1.12 bits per heavy atom. The number of nitrogens with two attached hydrogens (primary N) is 1. The molecule has 2 aromatic heterocycles. The number of aromatic nitrogens is 3. The first kappa shape index (κ1) is 24.7. The molecule has 1 aliphatic rings. The molecule has 0 bridgehead atoms. The number of methoxy groups -OCH3 is 1. The zero-order valence-corrected chi connectivity index (χ0v) is 18.9. The van der Waals surface area contributed by atoms with Gasteiger partial charge in [-0.25, -0.2) is 28.1 Å².